The molecule has 0 radical (unpaired) electrons. The molecule has 0 rings (SSSR count). The molecule has 0 fully saturated rings. The summed E-state index contributed by atoms with van der Waals surface area (Å²) in [6, 6.07) is 0.691. The summed E-state index contributed by atoms with van der Waals surface area (Å²) in [5.74, 6) is 39.9. The largest absolute Gasteiger partial charge is 0.433 e. The quantitative estimate of drug-likeness (QED) is 0.134. The van der Waals surface area contributed by atoms with Gasteiger partial charge in [0.2, 0.25) is 0 Å². The Labute approximate surface area is 274 Å². The van der Waals surface area contributed by atoms with Crippen LogP contribution in [0.3, 0.4) is 0 Å². The number of carbonyl (C=O) groups is 1. The van der Waals surface area contributed by atoms with Gasteiger partial charge in [-0.1, -0.05) is 17.3 Å². The molecule has 0 saturated carbocycles. The molecule has 0 aromatic heterocycles. The van der Waals surface area contributed by atoms with Gasteiger partial charge in [0.15, 0.2) is 16.6 Å². The van der Waals surface area contributed by atoms with Crippen LogP contribution in [-0.2, 0) is 17.1 Å². The summed E-state index contributed by atoms with van der Waals surface area (Å²) in [5, 5.41) is 2.79. The zero-order valence-corrected chi connectivity index (χ0v) is 29.3. The Bertz CT molecular complexity index is 1530. The maximum Gasteiger partial charge on any atom is 0.316 e. The third kappa shape index (κ3) is 20.7. The fourth-order valence-electron chi connectivity index (χ4n) is 3.12. The highest BCUT2D eigenvalue weighted by Gasteiger charge is 2.44. The fourth-order valence-corrected chi connectivity index (χ4v) is 20.2. The molecule has 240 valence electrons. The van der Waals surface area contributed by atoms with Gasteiger partial charge in [0, 0.05) is 33.9 Å². The minimum atomic E-state index is -2.63. The Morgan fingerprint density at radius 2 is 1.10 bits per heavy atom. The van der Waals surface area contributed by atoms with E-state index in [2.05, 4.69) is 146 Å². The second-order valence-corrected chi connectivity index (χ2v) is 25.2. The highest BCUT2D eigenvalue weighted by molar-refractivity contribution is 6.91. The van der Waals surface area contributed by atoms with E-state index in [1.807, 2.05) is 24.5 Å². The number of amides is 1. The second kappa shape index (κ2) is 19.3. The minimum Gasteiger partial charge on any atom is -0.433 e. The molecule has 0 aliphatic carbocycles. The lowest BCUT2D eigenvalue weighted by Gasteiger charge is -2.41. The SMILES string of the molecule is C=C[Si](C)(C)O[Si](C)(C)O[Si](C)(CCCNC(=O)C#CC#CC#CC#CC#CC#CC#CC#CC)O[Si](C)(C)C=C.[HH].[HH].[HH].[HH].[HH].[HH].[HH].[HH].[HH].[HH].[HH].[HH].[HH].[HH].[HH]. The summed E-state index contributed by atoms with van der Waals surface area (Å²) in [6.07, 6.45) is 0.676. The van der Waals surface area contributed by atoms with Crippen molar-refractivity contribution in [2.24, 2.45) is 0 Å². The average molecular weight is 642 g/mol. The van der Waals surface area contributed by atoms with Crippen LogP contribution in [0.2, 0.25) is 51.9 Å². The van der Waals surface area contributed by atoms with Gasteiger partial charge in [0.1, 0.15) is 0 Å². The smallest absolute Gasteiger partial charge is 0.316 e. The summed E-state index contributed by atoms with van der Waals surface area (Å²) >= 11 is 0. The summed E-state index contributed by atoms with van der Waals surface area (Å²) in [6.45, 7) is 24.5. The van der Waals surface area contributed by atoms with Crippen LogP contribution in [0.15, 0.2) is 24.6 Å². The molecule has 1 amide bonds. The van der Waals surface area contributed by atoms with Crippen LogP contribution in [0.4, 0.5) is 0 Å². The molecule has 0 saturated heterocycles. The van der Waals surface area contributed by atoms with Crippen molar-refractivity contribution >= 4 is 39.7 Å². The Balaban J connectivity index is -0.0000000762. The summed E-state index contributed by atoms with van der Waals surface area (Å²) in [5.41, 5.74) is 3.81. The number of rotatable bonds is 12. The van der Waals surface area contributed by atoms with Crippen LogP contribution < -0.4 is 5.32 Å². The zero-order chi connectivity index (χ0) is 31.3. The minimum absolute atomic E-state index is 0. The van der Waals surface area contributed by atoms with Gasteiger partial charge in [-0.25, -0.2) is 0 Å². The van der Waals surface area contributed by atoms with Crippen LogP contribution in [-0.4, -0.2) is 46.2 Å². The van der Waals surface area contributed by atoms with Crippen molar-refractivity contribution in [1.82, 2.24) is 5.32 Å². The molecule has 1 atom stereocenters. The van der Waals surface area contributed by atoms with Crippen LogP contribution in [0.5, 0.6) is 0 Å². The Kier molecular flexibility index (Phi) is 17.5. The van der Waals surface area contributed by atoms with Crippen molar-refractivity contribution in [3.63, 3.8) is 0 Å². The highest BCUT2D eigenvalue weighted by Crippen LogP contribution is 2.28. The third-order valence-electron chi connectivity index (χ3n) is 4.64. The molecule has 0 aromatic rings. The van der Waals surface area contributed by atoms with Gasteiger partial charge < -0.3 is 17.7 Å². The first-order valence-electron chi connectivity index (χ1n) is 12.8. The van der Waals surface area contributed by atoms with Crippen molar-refractivity contribution in [1.29, 1.82) is 0 Å². The van der Waals surface area contributed by atoms with E-state index in [0.29, 0.717) is 19.0 Å². The zero-order valence-electron chi connectivity index (χ0n) is 25.3. The fraction of sp³-hybridized carbons (Fsp3) is 0.344. The van der Waals surface area contributed by atoms with E-state index in [9.17, 15) is 4.79 Å². The van der Waals surface area contributed by atoms with Crippen LogP contribution >= 0.6 is 0 Å². The number of hydrogen-bond donors (Lipinski definition) is 1. The molecule has 0 aliphatic rings. The molecule has 0 aliphatic heterocycles. The highest BCUT2D eigenvalue weighted by atomic mass is 28.5. The predicted molar refractivity (Wildman–Crippen MR) is 210 cm³/mol. The topological polar surface area (TPSA) is 56.8 Å². The normalized spacial score (nSPS) is 10.9. The predicted octanol–water partition coefficient (Wildman–Crippen LogP) is 7.91. The van der Waals surface area contributed by atoms with Gasteiger partial charge in [-0.15, -0.1) is 13.2 Å². The lowest BCUT2D eigenvalue weighted by molar-refractivity contribution is -0.115. The van der Waals surface area contributed by atoms with Crippen molar-refractivity contribution in [3.8, 4) is 94.7 Å². The van der Waals surface area contributed by atoms with E-state index in [1.165, 1.54) is 0 Å². The second-order valence-electron chi connectivity index (χ2n) is 9.94. The van der Waals surface area contributed by atoms with E-state index in [0.717, 1.165) is 0 Å². The molecule has 41 heavy (non-hydrogen) atoms. The van der Waals surface area contributed by atoms with E-state index in [1.54, 1.807) is 6.92 Å². The molecule has 0 heterocycles. The number of hydrogen-bond acceptors (Lipinski definition) is 4. The van der Waals surface area contributed by atoms with Crippen LogP contribution in [0, 0.1) is 94.7 Å². The number of carbonyl (C=O) groups excluding carboxylic acids is 1. The van der Waals surface area contributed by atoms with E-state index >= 15 is 0 Å². The molecule has 0 spiro atoms. The lowest BCUT2D eigenvalue weighted by atomic mass is 10.4. The first-order valence-corrected chi connectivity index (χ1v) is 24.1. The van der Waals surface area contributed by atoms with Crippen LogP contribution in [0.25, 0.3) is 0 Å². The summed E-state index contributed by atoms with van der Waals surface area (Å²) in [4.78, 5) is 12.1. The van der Waals surface area contributed by atoms with Gasteiger partial charge in [0.05, 0.1) is 0 Å². The van der Waals surface area contributed by atoms with Crippen LogP contribution in [0.1, 0.15) is 34.7 Å². The van der Waals surface area contributed by atoms with Gasteiger partial charge >= 0.3 is 17.1 Å². The van der Waals surface area contributed by atoms with Crippen molar-refractivity contribution in [3.05, 3.63) is 24.6 Å². The summed E-state index contributed by atoms with van der Waals surface area (Å²) < 4.78 is 19.7. The molecule has 9 heteroatoms. The van der Waals surface area contributed by atoms with Gasteiger partial charge in [-0.3, -0.25) is 4.79 Å². The monoisotopic (exact) mass is 641 g/mol. The number of nitrogens with one attached hydrogen (secondary N) is 1. The standard InChI is InChI=1S/C32H37NO4Si4.15H2/c1-11-14-15-16-17-18-19-20-21-22-23-24-25-26-27-29-32(34)33-30-28-31-41(10,36-39(6,7)13-3)37-40(8,9)35-38(4,5)12-2;;;;;;;;;;;;;;;/h12-13H,2-3,28,30-31H2,1,4-10H3,(H,33,34);15*1H. The summed E-state index contributed by atoms with van der Waals surface area (Å²) in [7, 11) is -9.26. The van der Waals surface area contributed by atoms with Crippen molar-refractivity contribution in [2.75, 3.05) is 6.54 Å². The average Bonchev–Trinajstić information content (AvgIpc) is 2.87. The van der Waals surface area contributed by atoms with Gasteiger partial charge in [0.25, 0.3) is 5.91 Å². The molecule has 0 aromatic carbocycles. The van der Waals surface area contributed by atoms with Crippen molar-refractivity contribution < 1.29 is 38.5 Å². The third-order valence-corrected chi connectivity index (χ3v) is 19.5. The van der Waals surface area contributed by atoms with Gasteiger partial charge in [-0.2, -0.15) is 0 Å². The Morgan fingerprint density at radius 1 is 0.683 bits per heavy atom. The maximum atomic E-state index is 12.1. The van der Waals surface area contributed by atoms with E-state index < -0.39 is 39.7 Å². The maximum absolute atomic E-state index is 12.1. The lowest BCUT2D eigenvalue weighted by Crippen LogP contribution is -2.57. The van der Waals surface area contributed by atoms with E-state index in [4.69, 9.17) is 12.3 Å². The van der Waals surface area contributed by atoms with Gasteiger partial charge in [-0.05, 0) is 148 Å². The molecule has 0 bridgehead atoms. The molecule has 1 N–H and O–H groups in total. The first kappa shape index (κ1) is 37.2. The molecular weight excluding hydrogens is 575 g/mol. The van der Waals surface area contributed by atoms with Crippen molar-refractivity contribution in [2.45, 2.75) is 65.2 Å². The Morgan fingerprint density at radius 3 is 1.54 bits per heavy atom. The molecular formula is C32H67NO4Si4. The first-order chi connectivity index (χ1) is 19.2. The Hall–Kier alpha value is -3.82. The molecule has 5 nitrogen and oxygen atoms in total. The molecule has 1 unspecified atom stereocenters. The van der Waals surface area contributed by atoms with E-state index in [-0.39, 0.29) is 21.4 Å².